The topological polar surface area (TPSA) is 96.7 Å². The van der Waals surface area contributed by atoms with E-state index in [9.17, 15) is 23.6 Å². The fourth-order valence-electron chi connectivity index (χ4n) is 5.49. The molecular formula is C29H31ClFN5O4. The lowest BCUT2D eigenvalue weighted by molar-refractivity contribution is -0.133. The molecule has 0 bridgehead atoms. The lowest BCUT2D eigenvalue weighted by atomic mass is 10.0. The van der Waals surface area contributed by atoms with Crippen molar-refractivity contribution in [2.45, 2.75) is 51.7 Å². The van der Waals surface area contributed by atoms with Gasteiger partial charge in [0.05, 0.1) is 10.6 Å². The number of benzene rings is 2. The molecule has 210 valence electrons. The predicted octanol–water partition coefficient (Wildman–Crippen LogP) is 3.96. The largest absolute Gasteiger partial charge is 0.341 e. The third-order valence-electron chi connectivity index (χ3n) is 7.63. The standard InChI is InChI=1S/C29H31ClFN5O4/c1-2-13-36-27(38)22(21-7-5-8-23(31)26(21)30)17-34(29(36)40)18-25(37)33-14-11-20(12-15-33)35-16-10-19-6-3-4-9-24(19)32-28(35)39/h3-9,17,20H,2,10-16,18H2,1H3,(H,32,39). The van der Waals surface area contributed by atoms with Crippen molar-refractivity contribution in [2.75, 3.05) is 25.0 Å². The van der Waals surface area contributed by atoms with Crippen LogP contribution in [0.5, 0.6) is 0 Å². The first-order chi connectivity index (χ1) is 19.3. The number of piperidine rings is 1. The zero-order valence-corrected chi connectivity index (χ0v) is 23.0. The quantitative estimate of drug-likeness (QED) is 0.488. The molecule has 0 aliphatic carbocycles. The second-order valence-electron chi connectivity index (χ2n) is 10.2. The average molecular weight is 568 g/mol. The van der Waals surface area contributed by atoms with E-state index in [-0.39, 0.29) is 47.2 Å². The first kappa shape index (κ1) is 27.6. The zero-order chi connectivity index (χ0) is 28.4. The number of likely N-dealkylation sites (tertiary alicyclic amines) is 1. The molecule has 0 unspecified atom stereocenters. The van der Waals surface area contributed by atoms with Crippen LogP contribution in [-0.2, 0) is 24.3 Å². The molecule has 11 heteroatoms. The van der Waals surface area contributed by atoms with Crippen molar-refractivity contribution in [3.8, 4) is 11.1 Å². The fraction of sp³-hybridized carbons (Fsp3) is 0.379. The number of nitrogens with zero attached hydrogens (tertiary/aromatic N) is 4. The van der Waals surface area contributed by atoms with Gasteiger partial charge in [-0.3, -0.25) is 18.7 Å². The first-order valence-corrected chi connectivity index (χ1v) is 13.9. The molecule has 9 nitrogen and oxygen atoms in total. The number of fused-ring (bicyclic) bond motifs is 1. The van der Waals surface area contributed by atoms with E-state index < -0.39 is 17.1 Å². The Bertz CT molecular complexity index is 1560. The maximum absolute atomic E-state index is 14.2. The molecule has 3 aromatic rings. The summed E-state index contributed by atoms with van der Waals surface area (Å²) in [6.07, 6.45) is 3.79. The fourth-order valence-corrected chi connectivity index (χ4v) is 5.72. The molecule has 1 fully saturated rings. The van der Waals surface area contributed by atoms with Crippen LogP contribution in [0.15, 0.2) is 58.3 Å². The molecule has 0 spiro atoms. The molecule has 2 aromatic carbocycles. The van der Waals surface area contributed by atoms with E-state index in [1.54, 1.807) is 4.90 Å². The Balaban J connectivity index is 1.31. The summed E-state index contributed by atoms with van der Waals surface area (Å²) in [5.74, 6) is -0.953. The molecule has 3 amide bonds. The molecule has 1 N–H and O–H groups in total. The van der Waals surface area contributed by atoms with Crippen molar-refractivity contribution in [1.82, 2.24) is 18.9 Å². The van der Waals surface area contributed by atoms with Gasteiger partial charge >= 0.3 is 11.7 Å². The third-order valence-corrected chi connectivity index (χ3v) is 8.02. The van der Waals surface area contributed by atoms with Crippen LogP contribution in [0.3, 0.4) is 0 Å². The number of aromatic nitrogens is 2. The minimum atomic E-state index is -0.681. The Morgan fingerprint density at radius 1 is 1.02 bits per heavy atom. The number of para-hydroxylation sites is 1. The van der Waals surface area contributed by atoms with E-state index in [2.05, 4.69) is 5.32 Å². The lowest BCUT2D eigenvalue weighted by Crippen LogP contribution is -2.51. The number of rotatable bonds is 6. The summed E-state index contributed by atoms with van der Waals surface area (Å²) in [7, 11) is 0. The lowest BCUT2D eigenvalue weighted by Gasteiger charge is -2.38. The number of amides is 3. The first-order valence-electron chi connectivity index (χ1n) is 13.5. The molecule has 1 aromatic heterocycles. The summed E-state index contributed by atoms with van der Waals surface area (Å²) in [4.78, 5) is 56.0. The van der Waals surface area contributed by atoms with E-state index in [0.717, 1.165) is 22.2 Å². The monoisotopic (exact) mass is 567 g/mol. The number of carbonyl (C=O) groups is 2. The van der Waals surface area contributed by atoms with Crippen LogP contribution in [0.2, 0.25) is 5.02 Å². The van der Waals surface area contributed by atoms with Gasteiger partial charge in [-0.05, 0) is 43.4 Å². The highest BCUT2D eigenvalue weighted by Crippen LogP contribution is 2.28. The molecule has 2 aliphatic heterocycles. The van der Waals surface area contributed by atoms with Crippen LogP contribution in [0, 0.1) is 5.82 Å². The summed E-state index contributed by atoms with van der Waals surface area (Å²) in [6.45, 7) is 3.18. The maximum Gasteiger partial charge on any atom is 0.331 e. The van der Waals surface area contributed by atoms with Crippen LogP contribution in [0.4, 0.5) is 14.9 Å². The van der Waals surface area contributed by atoms with Crippen molar-refractivity contribution in [2.24, 2.45) is 0 Å². The molecule has 0 saturated carbocycles. The number of hydrogen-bond donors (Lipinski definition) is 1. The van der Waals surface area contributed by atoms with Crippen LogP contribution in [-0.4, -0.2) is 56.5 Å². The van der Waals surface area contributed by atoms with E-state index in [0.29, 0.717) is 38.9 Å². The van der Waals surface area contributed by atoms with E-state index in [1.807, 2.05) is 36.1 Å². The van der Waals surface area contributed by atoms with Crippen molar-refractivity contribution in [1.29, 1.82) is 0 Å². The number of urea groups is 1. The van der Waals surface area contributed by atoms with Gasteiger partial charge in [-0.15, -0.1) is 0 Å². The Morgan fingerprint density at radius 3 is 2.52 bits per heavy atom. The summed E-state index contributed by atoms with van der Waals surface area (Å²) in [5, 5.41) is 2.78. The van der Waals surface area contributed by atoms with Gasteiger partial charge in [-0.1, -0.05) is 48.9 Å². The normalized spacial score (nSPS) is 15.9. The van der Waals surface area contributed by atoms with Crippen LogP contribution >= 0.6 is 11.6 Å². The molecule has 3 heterocycles. The highest BCUT2D eigenvalue weighted by Gasteiger charge is 2.31. The SMILES string of the molecule is CCCn1c(=O)c(-c2cccc(F)c2Cl)cn(CC(=O)N2CCC(N3CCc4ccccc4NC3=O)CC2)c1=O. The Kier molecular flexibility index (Phi) is 8.07. The van der Waals surface area contributed by atoms with E-state index in [4.69, 9.17) is 11.6 Å². The van der Waals surface area contributed by atoms with Crippen molar-refractivity contribution >= 4 is 29.2 Å². The molecule has 2 aliphatic rings. The summed E-state index contributed by atoms with van der Waals surface area (Å²) in [6, 6.07) is 11.8. The number of hydrogen-bond acceptors (Lipinski definition) is 4. The number of carbonyl (C=O) groups excluding carboxylic acids is 2. The van der Waals surface area contributed by atoms with Crippen LogP contribution < -0.4 is 16.6 Å². The number of halogens is 2. The summed E-state index contributed by atoms with van der Waals surface area (Å²) < 4.78 is 16.4. The smallest absolute Gasteiger partial charge is 0.331 e. The molecule has 0 atom stereocenters. The average Bonchev–Trinajstić information content (AvgIpc) is 3.12. The second kappa shape index (κ2) is 11.7. The Morgan fingerprint density at radius 2 is 1.77 bits per heavy atom. The highest BCUT2D eigenvalue weighted by molar-refractivity contribution is 6.33. The van der Waals surface area contributed by atoms with Gasteiger partial charge in [0.1, 0.15) is 12.4 Å². The molecule has 40 heavy (non-hydrogen) atoms. The van der Waals surface area contributed by atoms with Gasteiger partial charge in [0.15, 0.2) is 0 Å². The Hall–Kier alpha value is -3.92. The molecule has 5 rings (SSSR count). The van der Waals surface area contributed by atoms with Gasteiger partial charge in [-0.2, -0.15) is 0 Å². The third kappa shape index (κ3) is 5.40. The van der Waals surface area contributed by atoms with Gasteiger partial charge in [0.2, 0.25) is 5.91 Å². The zero-order valence-electron chi connectivity index (χ0n) is 22.2. The minimum absolute atomic E-state index is 0.00531. The molecule has 0 radical (unpaired) electrons. The Labute approximate surface area is 235 Å². The van der Waals surface area contributed by atoms with Crippen molar-refractivity contribution in [3.63, 3.8) is 0 Å². The minimum Gasteiger partial charge on any atom is -0.341 e. The van der Waals surface area contributed by atoms with Gasteiger partial charge in [0.25, 0.3) is 5.56 Å². The molecule has 1 saturated heterocycles. The van der Waals surface area contributed by atoms with Crippen LogP contribution in [0.1, 0.15) is 31.7 Å². The highest BCUT2D eigenvalue weighted by atomic mass is 35.5. The van der Waals surface area contributed by atoms with Gasteiger partial charge < -0.3 is 15.1 Å². The molecular weight excluding hydrogens is 537 g/mol. The predicted molar refractivity (Wildman–Crippen MR) is 151 cm³/mol. The number of anilines is 1. The van der Waals surface area contributed by atoms with Crippen LogP contribution in [0.25, 0.3) is 11.1 Å². The summed E-state index contributed by atoms with van der Waals surface area (Å²) in [5.41, 5.74) is 0.957. The maximum atomic E-state index is 14.2. The summed E-state index contributed by atoms with van der Waals surface area (Å²) >= 11 is 6.16. The van der Waals surface area contributed by atoms with Crippen molar-refractivity contribution < 1.29 is 14.0 Å². The number of nitrogens with one attached hydrogen (secondary N) is 1. The van der Waals surface area contributed by atoms with E-state index >= 15 is 0 Å². The van der Waals surface area contributed by atoms with Gasteiger partial charge in [0, 0.05) is 49.7 Å². The van der Waals surface area contributed by atoms with Gasteiger partial charge in [-0.25, -0.2) is 14.0 Å². The van der Waals surface area contributed by atoms with Crippen molar-refractivity contribution in [3.05, 3.63) is 85.9 Å². The second-order valence-corrected chi connectivity index (χ2v) is 10.5. The van der Waals surface area contributed by atoms with E-state index in [1.165, 1.54) is 29.0 Å².